The summed E-state index contributed by atoms with van der Waals surface area (Å²) in [4.78, 5) is 13.7. The number of ether oxygens (including phenoxy) is 13. The molecule has 524 valence electrons. The number of aliphatic hydroxyl groups excluding tert-OH is 5. The van der Waals surface area contributed by atoms with Gasteiger partial charge < -0.3 is 102 Å². The highest BCUT2D eigenvalue weighted by Gasteiger charge is 2.43. The predicted molar refractivity (Wildman–Crippen MR) is 366 cm³/mol. The molecule has 0 spiro atoms. The van der Waals surface area contributed by atoms with Gasteiger partial charge in [0.15, 0.2) is 58.2 Å². The summed E-state index contributed by atoms with van der Waals surface area (Å²) in [6.07, 6.45) is -2.64. The minimum absolute atomic E-state index is 0.0109. The van der Waals surface area contributed by atoms with Gasteiger partial charge in [-0.1, -0.05) is 60.7 Å². The van der Waals surface area contributed by atoms with Crippen LogP contribution in [0.5, 0.6) is 80.5 Å². The fourth-order valence-electron chi connectivity index (χ4n) is 12.9. The highest BCUT2D eigenvalue weighted by molar-refractivity contribution is 5.87. The van der Waals surface area contributed by atoms with Gasteiger partial charge in [-0.25, -0.2) is 0 Å². The number of methoxy groups -OCH3 is 7. The van der Waals surface area contributed by atoms with Crippen molar-refractivity contribution in [2.45, 2.75) is 67.7 Å². The van der Waals surface area contributed by atoms with Gasteiger partial charge in [0.1, 0.15) is 46.7 Å². The van der Waals surface area contributed by atoms with E-state index in [1.807, 2.05) is 12.1 Å². The van der Waals surface area contributed by atoms with Crippen LogP contribution in [0, 0.1) is 5.92 Å². The molecule has 0 aromatic heterocycles. The van der Waals surface area contributed by atoms with Crippen molar-refractivity contribution < 1.29 is 107 Å². The number of carbonyl (C=O) groups excluding carboxylic acids is 1. The first-order valence-electron chi connectivity index (χ1n) is 32.3. The number of phenols is 3. The van der Waals surface area contributed by atoms with E-state index in [1.54, 1.807) is 121 Å². The number of Topliss-reactive ketones (excluding diaryl/α,β-unsaturated/α-hetero) is 1. The summed E-state index contributed by atoms with van der Waals surface area (Å²) in [5.74, 6) is 0.418. The van der Waals surface area contributed by atoms with Crippen LogP contribution in [-0.4, -0.2) is 155 Å². The summed E-state index contributed by atoms with van der Waals surface area (Å²) < 4.78 is 81.3. The molecule has 0 radical (unpaired) electrons. The maximum Gasteiger partial charge on any atom is 0.204 e. The summed E-state index contributed by atoms with van der Waals surface area (Å²) in [6, 6.07) is 42.5. The van der Waals surface area contributed by atoms with Crippen molar-refractivity contribution in [2.24, 2.45) is 5.92 Å². The Morgan fingerprint density at radius 1 is 0.535 bits per heavy atom. The lowest BCUT2D eigenvalue weighted by Gasteiger charge is -2.38. The molecular weight excluding hydrogens is 1280 g/mol. The van der Waals surface area contributed by atoms with E-state index < -0.39 is 74.2 Å². The van der Waals surface area contributed by atoms with Gasteiger partial charge >= 0.3 is 0 Å². The number of aliphatic hydroxyl groups is 5. The van der Waals surface area contributed by atoms with Crippen LogP contribution in [0.3, 0.4) is 0 Å². The molecule has 2 aliphatic heterocycles. The zero-order valence-corrected chi connectivity index (χ0v) is 56.1. The average molecular weight is 1360 g/mol. The van der Waals surface area contributed by atoms with E-state index in [1.165, 1.54) is 74.0 Å². The van der Waals surface area contributed by atoms with Crippen molar-refractivity contribution in [3.8, 4) is 80.5 Å². The largest absolute Gasteiger partial charge is 0.508 e. The molecule has 99 heavy (non-hydrogen) atoms. The van der Waals surface area contributed by atoms with Gasteiger partial charge in [0.25, 0.3) is 0 Å². The highest BCUT2D eigenvalue weighted by atomic mass is 16.6. The summed E-state index contributed by atoms with van der Waals surface area (Å²) in [6.45, 7) is -1.71. The Hall–Kier alpha value is -9.91. The molecule has 2 heterocycles. The van der Waals surface area contributed by atoms with Crippen LogP contribution in [0.4, 0.5) is 0 Å². The first kappa shape index (κ1) is 71.9. The van der Waals surface area contributed by atoms with E-state index in [-0.39, 0.29) is 90.4 Å². The number of phenolic OH excluding ortho intramolecular Hbond substituents is 3. The second-order valence-electron chi connectivity index (χ2n) is 23.6. The number of rotatable bonds is 30. The SMILES string of the molecule is COc1cc(/C=C(\CO)c2ccc(OC(CO)C(Oc3c(OC)cc(C4CCOC(c5cc(OC)c(C(c6ccc(O)c(OC)c6)C(CO)Oc6cc(C7Oc8ccccc8C(C(=O)CCO)C7CO)ccc6OC)c(OC)c5)CCO4)cc3OC)c3ccc(O)cc3)cc2)ccc1O. The quantitative estimate of drug-likeness (QED) is 0.0194. The van der Waals surface area contributed by atoms with Gasteiger partial charge in [-0.2, -0.15) is 0 Å². The molecule has 2 aliphatic rings. The van der Waals surface area contributed by atoms with Gasteiger partial charge in [0.05, 0.1) is 113 Å². The molecule has 10 rings (SSSR count). The zero-order chi connectivity index (χ0) is 70.3. The number of benzene rings is 8. The predicted octanol–water partition coefficient (Wildman–Crippen LogP) is 10.9. The zero-order valence-electron chi connectivity index (χ0n) is 56.1. The Morgan fingerprint density at radius 2 is 1.10 bits per heavy atom. The molecule has 8 aromatic carbocycles. The van der Waals surface area contributed by atoms with Crippen LogP contribution in [-0.2, 0) is 14.3 Å². The summed E-state index contributed by atoms with van der Waals surface area (Å²) in [5.41, 5.74) is 6.08. The Bertz CT molecular complexity index is 3980. The van der Waals surface area contributed by atoms with Crippen LogP contribution in [0.25, 0.3) is 11.6 Å². The molecule has 9 unspecified atom stereocenters. The fraction of sp³-hybridized carbons (Fsp3) is 0.338. The number of hydrogen-bond acceptors (Lipinski definition) is 22. The molecular formula is C77H84O22. The number of ketones is 1. The number of fused-ring (bicyclic) bond motifs is 1. The second kappa shape index (κ2) is 33.6. The molecule has 1 saturated heterocycles. The third-order valence-electron chi connectivity index (χ3n) is 17.9. The third kappa shape index (κ3) is 16.1. The van der Waals surface area contributed by atoms with E-state index in [0.29, 0.717) is 97.2 Å². The third-order valence-corrected chi connectivity index (χ3v) is 17.9. The standard InChI is InChI=1S/C77H84O22/c1-87-62-25-18-48(75-55(41-80)73(58(86)26-29-78)54-10-8-9-11-61(54)98-75)35-65(62)97-70(42-81)72(47-17-24-57(85)64(34-47)89-3)74-66(90-4)36-49(37-67(74)91-5)59-27-30-95-60(28-31-94-59)50-38-68(92-6)77(69(39-50)93-7)99-76(46-13-19-52(83)20-14-46)71(43-82)96-53-21-15-45(16-22-53)51(40-79)32-44-12-23-56(84)63(33-44)88-2/h8-25,32-39,55,59-60,70-73,75-76,78-85H,26-31,40-43H2,1-7H3/b51-32+. The van der Waals surface area contributed by atoms with Gasteiger partial charge in [-0.3, -0.25) is 4.79 Å². The van der Waals surface area contributed by atoms with Gasteiger partial charge in [0, 0.05) is 42.9 Å². The molecule has 8 aromatic rings. The molecule has 0 bridgehead atoms. The van der Waals surface area contributed by atoms with E-state index in [0.717, 1.165) is 0 Å². The van der Waals surface area contributed by atoms with Crippen LogP contribution in [0.15, 0.2) is 152 Å². The molecule has 9 atom stereocenters. The number of para-hydroxylation sites is 1. The Kier molecular flexibility index (Phi) is 24.4. The molecule has 0 amide bonds. The first-order chi connectivity index (χ1) is 48.2. The van der Waals surface area contributed by atoms with Crippen LogP contribution in [0.1, 0.15) is 106 Å². The number of aromatic hydroxyl groups is 3. The van der Waals surface area contributed by atoms with Crippen LogP contribution >= 0.6 is 0 Å². The summed E-state index contributed by atoms with van der Waals surface area (Å²) in [7, 11) is 10.4. The maximum atomic E-state index is 13.7. The number of carbonyl (C=O) groups is 1. The van der Waals surface area contributed by atoms with E-state index in [2.05, 4.69) is 0 Å². The molecule has 22 heteroatoms. The van der Waals surface area contributed by atoms with Gasteiger partial charge in [0.2, 0.25) is 5.75 Å². The van der Waals surface area contributed by atoms with Gasteiger partial charge in [-0.15, -0.1) is 0 Å². The highest BCUT2D eigenvalue weighted by Crippen LogP contribution is 2.51. The summed E-state index contributed by atoms with van der Waals surface area (Å²) in [5, 5.41) is 85.1. The van der Waals surface area contributed by atoms with Gasteiger partial charge in [-0.05, 0) is 142 Å². The second-order valence-corrected chi connectivity index (χ2v) is 23.6. The molecule has 1 fully saturated rings. The normalized spacial score (nSPS) is 18.1. The topological polar surface area (TPSA) is 299 Å². The van der Waals surface area contributed by atoms with Crippen LogP contribution in [0.2, 0.25) is 0 Å². The van der Waals surface area contributed by atoms with Crippen molar-refractivity contribution in [1.82, 2.24) is 0 Å². The molecule has 8 N–H and O–H groups in total. The van der Waals surface area contributed by atoms with Crippen LogP contribution < -0.4 is 52.1 Å². The minimum atomic E-state index is -1.14. The van der Waals surface area contributed by atoms with Crippen molar-refractivity contribution >= 4 is 17.4 Å². The lowest BCUT2D eigenvalue weighted by Crippen LogP contribution is -2.36. The van der Waals surface area contributed by atoms with Crippen molar-refractivity contribution in [2.75, 3.05) is 96.0 Å². The molecule has 22 nitrogen and oxygen atoms in total. The maximum absolute atomic E-state index is 13.7. The molecule has 0 saturated carbocycles. The average Bonchev–Trinajstić information content (AvgIpc) is 0.776. The Labute approximate surface area is 574 Å². The van der Waals surface area contributed by atoms with Crippen molar-refractivity contribution in [1.29, 1.82) is 0 Å². The molecule has 0 aliphatic carbocycles. The van der Waals surface area contributed by atoms with E-state index >= 15 is 0 Å². The van der Waals surface area contributed by atoms with Crippen molar-refractivity contribution in [3.63, 3.8) is 0 Å². The first-order valence-corrected chi connectivity index (χ1v) is 32.3. The van der Waals surface area contributed by atoms with E-state index in [4.69, 9.17) is 61.6 Å². The lowest BCUT2D eigenvalue weighted by molar-refractivity contribution is -0.125. The summed E-state index contributed by atoms with van der Waals surface area (Å²) >= 11 is 0. The Balaban J connectivity index is 0.895. The minimum Gasteiger partial charge on any atom is -0.508 e. The van der Waals surface area contributed by atoms with Crippen molar-refractivity contribution in [3.05, 3.63) is 202 Å². The fourth-order valence-corrected chi connectivity index (χ4v) is 12.9. The number of hydrogen-bond donors (Lipinski definition) is 8. The smallest absolute Gasteiger partial charge is 0.204 e. The monoisotopic (exact) mass is 1360 g/mol. The van der Waals surface area contributed by atoms with E-state index in [9.17, 15) is 45.6 Å². The Morgan fingerprint density at radius 3 is 1.68 bits per heavy atom. The lowest BCUT2D eigenvalue weighted by atomic mass is 9.75.